The lowest BCUT2D eigenvalue weighted by Crippen LogP contribution is -2.23. The summed E-state index contributed by atoms with van der Waals surface area (Å²) in [5.41, 5.74) is 0.500. The number of epoxide rings is 1. The third kappa shape index (κ3) is 3.00. The van der Waals surface area contributed by atoms with Crippen LogP contribution < -0.4 is 0 Å². The Labute approximate surface area is 84.4 Å². The van der Waals surface area contributed by atoms with Crippen molar-refractivity contribution in [2.24, 2.45) is 0 Å². The molecule has 0 bridgehead atoms. The van der Waals surface area contributed by atoms with Crippen LogP contribution in [-0.4, -0.2) is 24.8 Å². The predicted octanol–water partition coefficient (Wildman–Crippen LogP) is 1.84. The largest absolute Gasteiger partial charge is 0.456 e. The molecule has 0 saturated carbocycles. The molecule has 14 heavy (non-hydrogen) atoms. The number of rotatable bonds is 6. The molecule has 2 unspecified atom stereocenters. The van der Waals surface area contributed by atoms with Crippen LogP contribution in [0.5, 0.6) is 0 Å². The molecule has 0 spiro atoms. The Bertz CT molecular complexity index is 241. The van der Waals surface area contributed by atoms with Crippen LogP contribution in [0.3, 0.4) is 0 Å². The zero-order valence-corrected chi connectivity index (χ0v) is 8.49. The monoisotopic (exact) mass is 196 g/mol. The summed E-state index contributed by atoms with van der Waals surface area (Å²) in [7, 11) is 0. The summed E-state index contributed by atoms with van der Waals surface area (Å²) in [6.45, 7) is 9.78. The van der Waals surface area contributed by atoms with Gasteiger partial charge in [-0.1, -0.05) is 19.6 Å². The Morgan fingerprint density at radius 3 is 2.86 bits per heavy atom. The Kier molecular flexibility index (Phi) is 3.89. The van der Waals surface area contributed by atoms with Gasteiger partial charge in [0.2, 0.25) is 0 Å². The highest BCUT2D eigenvalue weighted by atomic mass is 16.6. The molecule has 1 fully saturated rings. The maximum Gasteiger partial charge on any atom is 0.333 e. The number of hydrogen-bond donors (Lipinski definition) is 0. The fourth-order valence-corrected chi connectivity index (χ4v) is 1.08. The summed E-state index contributed by atoms with van der Waals surface area (Å²) < 4.78 is 10.3. The Hall–Kier alpha value is -1.09. The normalized spacial score (nSPS) is 21.1. The maximum atomic E-state index is 11.4. The molecule has 3 nitrogen and oxygen atoms in total. The molecule has 0 aliphatic carbocycles. The van der Waals surface area contributed by atoms with Crippen LogP contribution in [0.15, 0.2) is 24.8 Å². The first kappa shape index (κ1) is 11.0. The molecule has 0 N–H and O–H groups in total. The van der Waals surface area contributed by atoms with Crippen molar-refractivity contribution in [2.45, 2.75) is 32.0 Å². The summed E-state index contributed by atoms with van der Waals surface area (Å²) in [6, 6.07) is 0. The van der Waals surface area contributed by atoms with Crippen molar-refractivity contribution in [2.75, 3.05) is 6.61 Å². The van der Waals surface area contributed by atoms with Gasteiger partial charge in [0.25, 0.3) is 0 Å². The second-order valence-corrected chi connectivity index (χ2v) is 3.30. The van der Waals surface area contributed by atoms with Gasteiger partial charge in [-0.2, -0.15) is 0 Å². The van der Waals surface area contributed by atoms with E-state index in [1.54, 1.807) is 6.08 Å². The van der Waals surface area contributed by atoms with Crippen molar-refractivity contribution in [1.29, 1.82) is 0 Å². The van der Waals surface area contributed by atoms with Crippen molar-refractivity contribution in [3.05, 3.63) is 24.8 Å². The van der Waals surface area contributed by atoms with Crippen LogP contribution in [0, 0.1) is 0 Å². The van der Waals surface area contributed by atoms with E-state index in [0.717, 1.165) is 0 Å². The minimum absolute atomic E-state index is 0.0570. The summed E-state index contributed by atoms with van der Waals surface area (Å²) in [5.74, 6) is -0.324. The highest BCUT2D eigenvalue weighted by molar-refractivity contribution is 5.87. The predicted molar refractivity (Wildman–Crippen MR) is 53.9 cm³/mol. The van der Waals surface area contributed by atoms with E-state index in [4.69, 9.17) is 9.47 Å². The molecular formula is C11H16O3. The molecule has 1 aliphatic heterocycles. The van der Waals surface area contributed by atoms with Gasteiger partial charge in [-0.3, -0.25) is 0 Å². The van der Waals surface area contributed by atoms with Gasteiger partial charge in [-0.15, -0.1) is 6.58 Å². The van der Waals surface area contributed by atoms with Crippen LogP contribution >= 0.6 is 0 Å². The number of carbonyl (C=O) groups is 1. The van der Waals surface area contributed by atoms with Crippen molar-refractivity contribution in [3.63, 3.8) is 0 Å². The van der Waals surface area contributed by atoms with Gasteiger partial charge in [-0.25, -0.2) is 4.79 Å². The molecule has 0 aromatic rings. The average molecular weight is 196 g/mol. The topological polar surface area (TPSA) is 38.8 Å². The van der Waals surface area contributed by atoms with E-state index < -0.39 is 0 Å². The molecule has 0 radical (unpaired) electrons. The van der Waals surface area contributed by atoms with E-state index in [-0.39, 0.29) is 18.2 Å². The van der Waals surface area contributed by atoms with Crippen LogP contribution in [0.2, 0.25) is 0 Å². The molecule has 1 heterocycles. The highest BCUT2D eigenvalue weighted by Gasteiger charge is 2.34. The maximum absolute atomic E-state index is 11.4. The highest BCUT2D eigenvalue weighted by Crippen LogP contribution is 2.21. The molecular weight excluding hydrogens is 180 g/mol. The SMILES string of the molecule is C=CCC(OC(=O)C(=C)CC)C1CO1. The van der Waals surface area contributed by atoms with E-state index in [0.29, 0.717) is 25.0 Å². The van der Waals surface area contributed by atoms with Crippen LogP contribution in [0.4, 0.5) is 0 Å². The van der Waals surface area contributed by atoms with Crippen molar-refractivity contribution in [3.8, 4) is 0 Å². The first-order valence-corrected chi connectivity index (χ1v) is 4.80. The Morgan fingerprint density at radius 1 is 1.79 bits per heavy atom. The first-order chi connectivity index (χ1) is 6.69. The summed E-state index contributed by atoms with van der Waals surface area (Å²) in [6.07, 6.45) is 2.84. The number of hydrogen-bond acceptors (Lipinski definition) is 3. The Morgan fingerprint density at radius 2 is 2.43 bits per heavy atom. The zero-order chi connectivity index (χ0) is 10.6. The number of ether oxygens (including phenoxy) is 2. The first-order valence-electron chi connectivity index (χ1n) is 4.80. The van der Waals surface area contributed by atoms with Crippen LogP contribution in [0.25, 0.3) is 0 Å². The van der Waals surface area contributed by atoms with E-state index in [1.807, 2.05) is 6.92 Å². The van der Waals surface area contributed by atoms with Gasteiger partial charge >= 0.3 is 5.97 Å². The molecule has 3 heteroatoms. The zero-order valence-electron chi connectivity index (χ0n) is 8.49. The molecule has 78 valence electrons. The second kappa shape index (κ2) is 4.96. The van der Waals surface area contributed by atoms with Gasteiger partial charge in [0.1, 0.15) is 12.2 Å². The van der Waals surface area contributed by atoms with Gasteiger partial charge < -0.3 is 9.47 Å². The summed E-state index contributed by atoms with van der Waals surface area (Å²) in [5, 5.41) is 0. The van der Waals surface area contributed by atoms with Crippen LogP contribution in [-0.2, 0) is 14.3 Å². The smallest absolute Gasteiger partial charge is 0.333 e. The van der Waals surface area contributed by atoms with Crippen molar-refractivity contribution >= 4 is 5.97 Å². The molecule has 2 atom stereocenters. The summed E-state index contributed by atoms with van der Waals surface area (Å²) in [4.78, 5) is 11.4. The average Bonchev–Trinajstić information content (AvgIpc) is 2.99. The van der Waals surface area contributed by atoms with Gasteiger partial charge in [0.05, 0.1) is 6.61 Å². The quantitative estimate of drug-likeness (QED) is 0.281. The number of esters is 1. The van der Waals surface area contributed by atoms with E-state index in [1.165, 1.54) is 0 Å². The fraction of sp³-hybridized carbons (Fsp3) is 0.545. The number of carbonyl (C=O) groups excluding carboxylic acids is 1. The van der Waals surface area contributed by atoms with Crippen LogP contribution in [0.1, 0.15) is 19.8 Å². The lowest BCUT2D eigenvalue weighted by atomic mass is 10.2. The van der Waals surface area contributed by atoms with Gasteiger partial charge in [0.15, 0.2) is 0 Å². The van der Waals surface area contributed by atoms with Crippen molar-refractivity contribution in [1.82, 2.24) is 0 Å². The third-order valence-corrected chi connectivity index (χ3v) is 2.15. The van der Waals surface area contributed by atoms with Gasteiger partial charge in [-0.05, 0) is 6.42 Å². The standard InChI is InChI=1S/C11H16O3/c1-4-6-9(10-7-13-10)14-11(12)8(3)5-2/h4,9-10H,1,3,5-7H2,2H3. The van der Waals surface area contributed by atoms with E-state index in [2.05, 4.69) is 13.2 Å². The van der Waals surface area contributed by atoms with Crippen molar-refractivity contribution < 1.29 is 14.3 Å². The Balaban J connectivity index is 2.41. The fourth-order valence-electron chi connectivity index (χ4n) is 1.08. The minimum atomic E-state index is -0.324. The lowest BCUT2D eigenvalue weighted by molar-refractivity contribution is -0.145. The third-order valence-electron chi connectivity index (χ3n) is 2.15. The minimum Gasteiger partial charge on any atom is -0.456 e. The molecule has 1 saturated heterocycles. The van der Waals surface area contributed by atoms with Gasteiger partial charge in [0, 0.05) is 12.0 Å². The van der Waals surface area contributed by atoms with E-state index >= 15 is 0 Å². The van der Waals surface area contributed by atoms with E-state index in [9.17, 15) is 4.79 Å². The molecule has 1 aliphatic rings. The molecule has 0 amide bonds. The lowest BCUT2D eigenvalue weighted by Gasteiger charge is -2.14. The molecule has 0 aromatic heterocycles. The summed E-state index contributed by atoms with van der Waals surface area (Å²) >= 11 is 0. The molecule has 1 rings (SSSR count). The second-order valence-electron chi connectivity index (χ2n) is 3.30. The molecule has 0 aromatic carbocycles.